The lowest BCUT2D eigenvalue weighted by Crippen LogP contribution is -2.49. The summed E-state index contributed by atoms with van der Waals surface area (Å²) in [7, 11) is 0. The second kappa shape index (κ2) is 9.20. The molecule has 42 heavy (non-hydrogen) atoms. The smallest absolute Gasteiger partial charge is 0.319 e. The highest BCUT2D eigenvalue weighted by molar-refractivity contribution is 6.05. The fourth-order valence-corrected chi connectivity index (χ4v) is 7.12. The number of carbonyl (C=O) groups is 3. The third kappa shape index (κ3) is 4.07. The maximum absolute atomic E-state index is 13.0. The van der Waals surface area contributed by atoms with E-state index in [9.17, 15) is 19.5 Å². The van der Waals surface area contributed by atoms with Crippen LogP contribution in [-0.2, 0) is 21.4 Å². The van der Waals surface area contributed by atoms with Crippen molar-refractivity contribution in [3.8, 4) is 11.3 Å². The van der Waals surface area contributed by atoms with Gasteiger partial charge in [0, 0.05) is 46.4 Å². The number of Topliss-reactive ketones (excluding diaryl/α,β-unsaturated/α-hetero) is 1. The van der Waals surface area contributed by atoms with E-state index in [1.165, 1.54) is 0 Å². The first kappa shape index (κ1) is 26.3. The molecule has 0 radical (unpaired) electrons. The molecule has 0 unspecified atom stereocenters. The predicted octanol–water partition coefficient (Wildman–Crippen LogP) is 4.04. The number of nitrogens with zero attached hydrogens (tertiary/aromatic N) is 4. The third-order valence-electron chi connectivity index (χ3n) is 9.67. The van der Waals surface area contributed by atoms with E-state index < -0.39 is 16.9 Å². The Morgan fingerprint density at radius 2 is 1.74 bits per heavy atom. The zero-order chi connectivity index (χ0) is 29.3. The number of rotatable bonds is 8. The number of carboxylic acid groups (broad SMARTS) is 1. The molecule has 3 saturated carbocycles. The van der Waals surface area contributed by atoms with Gasteiger partial charge in [0.2, 0.25) is 5.91 Å². The molecule has 0 atom stereocenters. The van der Waals surface area contributed by atoms with E-state index in [2.05, 4.69) is 15.3 Å². The van der Waals surface area contributed by atoms with Gasteiger partial charge in [0.1, 0.15) is 28.3 Å². The normalized spacial score (nSPS) is 23.6. The molecule has 10 heteroatoms. The van der Waals surface area contributed by atoms with Gasteiger partial charge in [-0.2, -0.15) is 0 Å². The number of hydrogen-bond donors (Lipinski definition) is 3. The Morgan fingerprint density at radius 1 is 1.00 bits per heavy atom. The summed E-state index contributed by atoms with van der Waals surface area (Å²) in [5, 5.41) is 12.8. The van der Waals surface area contributed by atoms with Crippen LogP contribution < -0.4 is 11.1 Å². The number of aromatic nitrogens is 4. The molecule has 214 valence electrons. The van der Waals surface area contributed by atoms with E-state index in [1.807, 2.05) is 53.9 Å². The molecule has 3 aliphatic carbocycles. The zero-order valence-corrected chi connectivity index (χ0v) is 23.4. The highest BCUT2D eigenvalue weighted by atomic mass is 16.4. The van der Waals surface area contributed by atoms with Crippen molar-refractivity contribution < 1.29 is 19.5 Å². The Bertz CT molecular complexity index is 1760. The summed E-state index contributed by atoms with van der Waals surface area (Å²) in [6.07, 6.45) is 10.2. The summed E-state index contributed by atoms with van der Waals surface area (Å²) in [5.74, 6) is -0.171. The average Bonchev–Trinajstić information content (AvgIpc) is 3.42. The maximum Gasteiger partial charge on any atom is 0.319 e. The van der Waals surface area contributed by atoms with Crippen LogP contribution in [0.15, 0.2) is 55.0 Å². The molecule has 4 N–H and O–H groups in total. The van der Waals surface area contributed by atoms with E-state index >= 15 is 0 Å². The molecular weight excluding hydrogens is 532 g/mol. The fourth-order valence-electron chi connectivity index (χ4n) is 7.12. The van der Waals surface area contributed by atoms with Gasteiger partial charge in [0.25, 0.3) is 0 Å². The molecule has 1 aromatic carbocycles. The number of anilines is 1. The Balaban J connectivity index is 1.18. The Hall–Kier alpha value is -4.60. The first-order chi connectivity index (χ1) is 20.1. The first-order valence-corrected chi connectivity index (χ1v) is 14.4. The number of fused-ring (bicyclic) bond motifs is 3. The van der Waals surface area contributed by atoms with Crippen molar-refractivity contribution in [2.75, 3.05) is 5.73 Å². The van der Waals surface area contributed by atoms with Crippen molar-refractivity contribution in [2.24, 2.45) is 5.41 Å². The molecule has 2 bridgehead atoms. The highest BCUT2D eigenvalue weighted by Crippen LogP contribution is 2.58. The summed E-state index contributed by atoms with van der Waals surface area (Å²) < 4.78 is 2.02. The number of imidazole rings is 1. The van der Waals surface area contributed by atoms with Crippen molar-refractivity contribution in [2.45, 2.75) is 69.2 Å². The molecule has 0 saturated heterocycles. The fraction of sp³-hybridized carbons (Fsp3) is 0.375. The van der Waals surface area contributed by atoms with E-state index in [0.29, 0.717) is 41.9 Å². The second-order valence-corrected chi connectivity index (χ2v) is 12.4. The van der Waals surface area contributed by atoms with E-state index in [0.717, 1.165) is 48.3 Å². The van der Waals surface area contributed by atoms with Crippen LogP contribution in [0.2, 0.25) is 0 Å². The minimum atomic E-state index is -1.26. The lowest BCUT2D eigenvalue weighted by molar-refractivity contribution is -0.149. The standard InChI is InChI=1S/C32H32N6O4/c1-19-6-13-34-22(16-19)17-23(39)20-2-4-21(5-3-20)24-25-26(33)35-14-15-38(25)27(36-24)30-7-9-31(18-30,10-8-30)37-28(40)32(11-12-32)29(41)42/h2-6,13-16H,7-12,17-18H2,1H3,(H2,33,35)(H,37,40)(H,41,42). The summed E-state index contributed by atoms with van der Waals surface area (Å²) in [6.45, 7) is 1.98. The number of nitrogen functional groups attached to an aromatic ring is 1. The molecule has 1 amide bonds. The first-order valence-electron chi connectivity index (χ1n) is 14.4. The van der Waals surface area contributed by atoms with Gasteiger partial charge < -0.3 is 16.2 Å². The number of carbonyl (C=O) groups excluding carboxylic acids is 2. The second-order valence-electron chi connectivity index (χ2n) is 12.4. The maximum atomic E-state index is 13.0. The van der Waals surface area contributed by atoms with Crippen LogP contribution in [0.1, 0.15) is 72.4 Å². The third-order valence-corrected chi connectivity index (χ3v) is 9.67. The Kier molecular flexibility index (Phi) is 5.77. The monoisotopic (exact) mass is 564 g/mol. The van der Waals surface area contributed by atoms with Crippen LogP contribution in [0, 0.1) is 12.3 Å². The molecule has 3 fully saturated rings. The zero-order valence-electron chi connectivity index (χ0n) is 23.4. The van der Waals surface area contributed by atoms with Gasteiger partial charge in [0.05, 0.1) is 6.42 Å². The van der Waals surface area contributed by atoms with Crippen molar-refractivity contribution in [1.82, 2.24) is 24.7 Å². The van der Waals surface area contributed by atoms with Gasteiger partial charge in [0.15, 0.2) is 5.78 Å². The van der Waals surface area contributed by atoms with Crippen LogP contribution >= 0.6 is 0 Å². The van der Waals surface area contributed by atoms with Crippen LogP contribution in [0.25, 0.3) is 16.8 Å². The van der Waals surface area contributed by atoms with Crippen molar-refractivity contribution >= 4 is 29.0 Å². The average molecular weight is 565 g/mol. The largest absolute Gasteiger partial charge is 0.480 e. The Labute approximate surface area is 242 Å². The highest BCUT2D eigenvalue weighted by Gasteiger charge is 2.62. The Morgan fingerprint density at radius 3 is 2.40 bits per heavy atom. The van der Waals surface area contributed by atoms with E-state index in [-0.39, 0.29) is 23.5 Å². The van der Waals surface area contributed by atoms with Crippen molar-refractivity contribution in [3.05, 3.63) is 77.6 Å². The minimum absolute atomic E-state index is 0.0127. The number of ketones is 1. The van der Waals surface area contributed by atoms with E-state index in [1.54, 1.807) is 12.4 Å². The van der Waals surface area contributed by atoms with Gasteiger partial charge in [-0.15, -0.1) is 0 Å². The molecule has 3 aromatic heterocycles. The SMILES string of the molecule is Cc1ccnc(CC(=O)c2ccc(-c3nc(C45CCC(NC(=O)C6(C(=O)O)CC6)(CC4)C5)n4ccnc(N)c34)cc2)c1. The number of aryl methyl sites for hydroxylation is 1. The number of nitrogens with two attached hydrogens (primary N) is 1. The van der Waals surface area contributed by atoms with E-state index in [4.69, 9.17) is 10.7 Å². The van der Waals surface area contributed by atoms with Crippen LogP contribution in [0.5, 0.6) is 0 Å². The number of carboxylic acids is 1. The van der Waals surface area contributed by atoms with Gasteiger partial charge in [-0.25, -0.2) is 9.97 Å². The van der Waals surface area contributed by atoms with Gasteiger partial charge in [-0.1, -0.05) is 24.3 Å². The van der Waals surface area contributed by atoms with Crippen LogP contribution in [0.4, 0.5) is 5.82 Å². The number of hydrogen-bond acceptors (Lipinski definition) is 7. The van der Waals surface area contributed by atoms with Crippen LogP contribution in [-0.4, -0.2) is 47.7 Å². The molecule has 10 nitrogen and oxygen atoms in total. The number of aliphatic carboxylic acids is 1. The minimum Gasteiger partial charge on any atom is -0.480 e. The summed E-state index contributed by atoms with van der Waals surface area (Å²) in [4.78, 5) is 51.5. The lowest BCUT2D eigenvalue weighted by atomic mass is 9.83. The van der Waals surface area contributed by atoms with Crippen molar-refractivity contribution in [1.29, 1.82) is 0 Å². The molecule has 0 aliphatic heterocycles. The summed E-state index contributed by atoms with van der Waals surface area (Å²) in [6, 6.07) is 11.2. The quantitative estimate of drug-likeness (QED) is 0.214. The van der Waals surface area contributed by atoms with Gasteiger partial charge in [-0.3, -0.25) is 23.8 Å². The molecule has 3 aliphatic rings. The number of amides is 1. The molecule has 0 spiro atoms. The summed E-state index contributed by atoms with van der Waals surface area (Å²) in [5.41, 5.74) is 9.06. The molecule has 3 heterocycles. The molecular formula is C32H32N6O4. The van der Waals surface area contributed by atoms with Crippen LogP contribution in [0.3, 0.4) is 0 Å². The number of pyridine rings is 1. The molecule has 4 aromatic rings. The summed E-state index contributed by atoms with van der Waals surface area (Å²) >= 11 is 0. The predicted molar refractivity (Wildman–Crippen MR) is 155 cm³/mol. The topological polar surface area (TPSA) is 153 Å². The molecule has 7 rings (SSSR count). The van der Waals surface area contributed by atoms with Gasteiger partial charge in [-0.05, 0) is 69.6 Å². The van der Waals surface area contributed by atoms with Crippen molar-refractivity contribution in [3.63, 3.8) is 0 Å². The van der Waals surface area contributed by atoms with Gasteiger partial charge >= 0.3 is 5.97 Å². The number of benzene rings is 1. The number of nitrogens with one attached hydrogen (secondary N) is 1. The lowest BCUT2D eigenvalue weighted by Gasteiger charge is -2.29.